The largest absolute Gasteiger partial charge is 0.332 e. The number of hydrogen-bond acceptors (Lipinski definition) is 4. The smallest absolute Gasteiger partial charge is 0.243 e. The van der Waals surface area contributed by atoms with Gasteiger partial charge in [-0.05, 0) is 68.1 Å². The molecule has 1 aromatic carbocycles. The zero-order valence-electron chi connectivity index (χ0n) is 15.4. The quantitative estimate of drug-likeness (QED) is 0.730. The van der Waals surface area contributed by atoms with Crippen LogP contribution in [0.3, 0.4) is 0 Å². The first-order valence-corrected chi connectivity index (χ1v) is 11.5. The van der Waals surface area contributed by atoms with Gasteiger partial charge in [-0.25, -0.2) is 8.42 Å². The SMILES string of the molecule is O=C(CC1CCCC1)NC(=S)Nc1ccc(S(=O)(=O)N2CCCCC2)cc1. The van der Waals surface area contributed by atoms with Gasteiger partial charge in [0.25, 0.3) is 0 Å². The second-order valence-corrected chi connectivity index (χ2v) is 9.69. The summed E-state index contributed by atoms with van der Waals surface area (Å²) in [5.41, 5.74) is 0.652. The van der Waals surface area contributed by atoms with Crippen molar-refractivity contribution >= 4 is 38.9 Å². The van der Waals surface area contributed by atoms with Gasteiger partial charge in [0.1, 0.15) is 0 Å². The highest BCUT2D eigenvalue weighted by Crippen LogP contribution is 2.27. The third-order valence-electron chi connectivity index (χ3n) is 5.27. The summed E-state index contributed by atoms with van der Waals surface area (Å²) < 4.78 is 26.9. The maximum absolute atomic E-state index is 12.7. The van der Waals surface area contributed by atoms with Crippen LogP contribution >= 0.6 is 12.2 Å². The van der Waals surface area contributed by atoms with Crippen LogP contribution in [0.15, 0.2) is 29.2 Å². The number of thiocarbonyl (C=S) groups is 1. The molecule has 2 N–H and O–H groups in total. The van der Waals surface area contributed by atoms with Crippen molar-refractivity contribution in [3.8, 4) is 0 Å². The number of nitrogens with one attached hydrogen (secondary N) is 2. The van der Waals surface area contributed by atoms with Gasteiger partial charge in [-0.1, -0.05) is 19.3 Å². The highest BCUT2D eigenvalue weighted by molar-refractivity contribution is 7.89. The molecular formula is C19H27N3O3S2. The van der Waals surface area contributed by atoms with E-state index in [0.29, 0.717) is 31.1 Å². The van der Waals surface area contributed by atoms with Crippen LogP contribution in [0, 0.1) is 5.92 Å². The zero-order valence-corrected chi connectivity index (χ0v) is 17.1. The van der Waals surface area contributed by atoms with E-state index in [9.17, 15) is 13.2 Å². The summed E-state index contributed by atoms with van der Waals surface area (Å²) in [6, 6.07) is 6.50. The summed E-state index contributed by atoms with van der Waals surface area (Å²) in [5.74, 6) is 0.399. The van der Waals surface area contributed by atoms with E-state index < -0.39 is 10.0 Å². The minimum absolute atomic E-state index is 0.0660. The Hall–Kier alpha value is -1.51. The molecule has 0 bridgehead atoms. The Morgan fingerprint density at radius 1 is 1.04 bits per heavy atom. The van der Waals surface area contributed by atoms with E-state index in [1.54, 1.807) is 28.6 Å². The molecule has 1 aromatic rings. The Labute approximate surface area is 166 Å². The molecule has 2 fully saturated rings. The first-order chi connectivity index (χ1) is 12.9. The predicted molar refractivity (Wildman–Crippen MR) is 110 cm³/mol. The lowest BCUT2D eigenvalue weighted by Gasteiger charge is -2.25. The number of piperidine rings is 1. The highest BCUT2D eigenvalue weighted by atomic mass is 32.2. The van der Waals surface area contributed by atoms with Gasteiger partial charge >= 0.3 is 0 Å². The van der Waals surface area contributed by atoms with Crippen molar-refractivity contribution < 1.29 is 13.2 Å². The molecule has 0 aromatic heterocycles. The molecule has 1 saturated carbocycles. The molecule has 1 aliphatic heterocycles. The molecule has 3 rings (SSSR count). The number of carbonyl (C=O) groups is 1. The molecule has 1 heterocycles. The zero-order chi connectivity index (χ0) is 19.3. The van der Waals surface area contributed by atoms with Crippen molar-refractivity contribution in [3.63, 3.8) is 0 Å². The molecule has 0 spiro atoms. The standard InChI is InChI=1S/C19H27N3O3S2/c23-18(14-15-6-2-3-7-15)21-19(26)20-16-8-10-17(11-9-16)27(24,25)22-12-4-1-5-13-22/h8-11,15H,1-7,12-14H2,(H2,20,21,23,26). The van der Waals surface area contributed by atoms with Crippen LogP contribution in [0.4, 0.5) is 5.69 Å². The van der Waals surface area contributed by atoms with Crippen LogP contribution in [0.25, 0.3) is 0 Å². The number of nitrogens with zero attached hydrogens (tertiary/aromatic N) is 1. The molecule has 0 radical (unpaired) electrons. The minimum atomic E-state index is -3.44. The minimum Gasteiger partial charge on any atom is -0.332 e. The van der Waals surface area contributed by atoms with E-state index >= 15 is 0 Å². The van der Waals surface area contributed by atoms with Crippen LogP contribution < -0.4 is 10.6 Å². The van der Waals surface area contributed by atoms with Gasteiger partial charge in [-0.2, -0.15) is 4.31 Å². The molecule has 2 aliphatic rings. The molecule has 27 heavy (non-hydrogen) atoms. The molecule has 6 nitrogen and oxygen atoms in total. The summed E-state index contributed by atoms with van der Waals surface area (Å²) in [6.45, 7) is 1.17. The Bertz CT molecular complexity index is 766. The Kier molecular flexibility index (Phi) is 6.83. The summed E-state index contributed by atoms with van der Waals surface area (Å²) >= 11 is 5.19. The monoisotopic (exact) mass is 409 g/mol. The number of sulfonamides is 1. The van der Waals surface area contributed by atoms with Crippen LogP contribution in [-0.2, 0) is 14.8 Å². The summed E-state index contributed by atoms with van der Waals surface area (Å²) in [5, 5.41) is 5.89. The van der Waals surface area contributed by atoms with Gasteiger partial charge in [0.2, 0.25) is 15.9 Å². The van der Waals surface area contributed by atoms with Crippen LogP contribution in [0.5, 0.6) is 0 Å². The number of benzene rings is 1. The molecular weight excluding hydrogens is 382 g/mol. The van der Waals surface area contributed by atoms with Crippen LogP contribution in [0.2, 0.25) is 0 Å². The number of carbonyl (C=O) groups excluding carboxylic acids is 1. The Morgan fingerprint density at radius 2 is 1.67 bits per heavy atom. The maximum Gasteiger partial charge on any atom is 0.243 e. The molecule has 148 valence electrons. The molecule has 8 heteroatoms. The number of rotatable bonds is 5. The first-order valence-electron chi connectivity index (χ1n) is 9.66. The third-order valence-corrected chi connectivity index (χ3v) is 7.38. The first kappa shape index (κ1) is 20.2. The summed E-state index contributed by atoms with van der Waals surface area (Å²) in [4.78, 5) is 12.3. The van der Waals surface area contributed by atoms with Gasteiger partial charge in [0.15, 0.2) is 5.11 Å². The number of amides is 1. The highest BCUT2D eigenvalue weighted by Gasteiger charge is 2.25. The van der Waals surface area contributed by atoms with E-state index in [4.69, 9.17) is 12.2 Å². The number of hydrogen-bond donors (Lipinski definition) is 2. The normalized spacial score (nSPS) is 19.0. The van der Waals surface area contributed by atoms with Crippen molar-refractivity contribution in [2.24, 2.45) is 5.92 Å². The van der Waals surface area contributed by atoms with E-state index in [0.717, 1.165) is 32.1 Å². The van der Waals surface area contributed by atoms with E-state index in [2.05, 4.69) is 10.6 Å². The van der Waals surface area contributed by atoms with Gasteiger partial charge in [0.05, 0.1) is 4.90 Å². The molecule has 0 atom stereocenters. The molecule has 1 aliphatic carbocycles. The Balaban J connectivity index is 1.53. The maximum atomic E-state index is 12.7. The lowest BCUT2D eigenvalue weighted by molar-refractivity contribution is -0.120. The topological polar surface area (TPSA) is 78.5 Å². The lowest BCUT2D eigenvalue weighted by atomic mass is 10.0. The molecule has 1 saturated heterocycles. The van der Waals surface area contributed by atoms with Crippen molar-refractivity contribution in [2.45, 2.75) is 56.3 Å². The van der Waals surface area contributed by atoms with E-state index in [-0.39, 0.29) is 15.9 Å². The molecule has 1 amide bonds. The van der Waals surface area contributed by atoms with Gasteiger partial charge in [-0.3, -0.25) is 4.79 Å². The fraction of sp³-hybridized carbons (Fsp3) is 0.579. The van der Waals surface area contributed by atoms with Crippen molar-refractivity contribution in [1.29, 1.82) is 0 Å². The third kappa shape index (κ3) is 5.49. The second-order valence-electron chi connectivity index (χ2n) is 7.35. The summed E-state index contributed by atoms with van der Waals surface area (Å²) in [6.07, 6.45) is 8.04. The fourth-order valence-electron chi connectivity index (χ4n) is 3.78. The van der Waals surface area contributed by atoms with Crippen molar-refractivity contribution in [1.82, 2.24) is 9.62 Å². The second kappa shape index (κ2) is 9.12. The number of anilines is 1. The Morgan fingerprint density at radius 3 is 2.30 bits per heavy atom. The lowest BCUT2D eigenvalue weighted by Crippen LogP contribution is -2.35. The summed E-state index contributed by atoms with van der Waals surface area (Å²) in [7, 11) is -3.44. The molecule has 0 unspecified atom stereocenters. The van der Waals surface area contributed by atoms with Crippen LogP contribution in [-0.4, -0.2) is 36.8 Å². The average molecular weight is 410 g/mol. The van der Waals surface area contributed by atoms with Crippen molar-refractivity contribution in [2.75, 3.05) is 18.4 Å². The van der Waals surface area contributed by atoms with Gasteiger partial charge in [-0.15, -0.1) is 0 Å². The van der Waals surface area contributed by atoms with Gasteiger partial charge in [0, 0.05) is 25.2 Å². The van der Waals surface area contributed by atoms with Crippen LogP contribution in [0.1, 0.15) is 51.4 Å². The van der Waals surface area contributed by atoms with E-state index in [1.165, 1.54) is 12.8 Å². The van der Waals surface area contributed by atoms with Gasteiger partial charge < -0.3 is 10.6 Å². The van der Waals surface area contributed by atoms with Crippen molar-refractivity contribution in [3.05, 3.63) is 24.3 Å². The van der Waals surface area contributed by atoms with E-state index in [1.807, 2.05) is 0 Å². The predicted octanol–water partition coefficient (Wildman–Crippen LogP) is 3.25. The fourth-order valence-corrected chi connectivity index (χ4v) is 5.53. The average Bonchev–Trinajstić information content (AvgIpc) is 3.15.